The van der Waals surface area contributed by atoms with Crippen LogP contribution in [0.25, 0.3) is 0 Å². The Morgan fingerprint density at radius 2 is 1.88 bits per heavy atom. The number of carbonyl (C=O) groups excluding carboxylic acids is 1. The Morgan fingerprint density at radius 1 is 1.16 bits per heavy atom. The molecule has 3 unspecified atom stereocenters. The van der Waals surface area contributed by atoms with E-state index in [-0.39, 0.29) is 29.8 Å². The van der Waals surface area contributed by atoms with Crippen molar-refractivity contribution in [3.63, 3.8) is 0 Å². The van der Waals surface area contributed by atoms with Crippen LogP contribution in [0.15, 0.2) is 24.3 Å². The summed E-state index contributed by atoms with van der Waals surface area (Å²) in [5.74, 6) is 0.780. The largest absolute Gasteiger partial charge is 0.464 e. The molecule has 0 amide bonds. The van der Waals surface area contributed by atoms with Crippen LogP contribution in [0.1, 0.15) is 58.8 Å². The van der Waals surface area contributed by atoms with Crippen molar-refractivity contribution < 1.29 is 9.53 Å². The first-order chi connectivity index (χ1) is 11.6. The van der Waals surface area contributed by atoms with Gasteiger partial charge in [0.25, 0.3) is 0 Å². The summed E-state index contributed by atoms with van der Waals surface area (Å²) < 4.78 is 5.78. The third-order valence-electron chi connectivity index (χ3n) is 6.21. The van der Waals surface area contributed by atoms with E-state index in [1.54, 1.807) is 0 Å². The van der Waals surface area contributed by atoms with Gasteiger partial charge in [0.2, 0.25) is 0 Å². The van der Waals surface area contributed by atoms with Crippen LogP contribution in [-0.4, -0.2) is 36.1 Å². The van der Waals surface area contributed by atoms with Crippen molar-refractivity contribution in [2.45, 2.75) is 64.3 Å². The Morgan fingerprint density at radius 3 is 2.48 bits per heavy atom. The second-order valence-corrected chi connectivity index (χ2v) is 8.29. The van der Waals surface area contributed by atoms with Gasteiger partial charge in [-0.05, 0) is 77.2 Å². The predicted octanol–water partition coefficient (Wildman–Crippen LogP) is 4.76. The van der Waals surface area contributed by atoms with Gasteiger partial charge >= 0.3 is 5.97 Å². The number of halogens is 1. The number of carbonyl (C=O) groups is 1. The van der Waals surface area contributed by atoms with Crippen molar-refractivity contribution >= 4 is 18.4 Å². The Balaban J connectivity index is 0.00000225. The van der Waals surface area contributed by atoms with E-state index in [9.17, 15) is 4.79 Å². The SMILES string of the molecule is CC1(C)CCCN1CCOC(=O)C(C1C=CCC1)C1C=CCCC1.Cl. The smallest absolute Gasteiger partial charge is 0.310 e. The number of nitrogens with zero attached hydrogens (tertiary/aromatic N) is 1. The van der Waals surface area contributed by atoms with Gasteiger partial charge in [-0.3, -0.25) is 9.69 Å². The third kappa shape index (κ3) is 5.10. The molecule has 0 aromatic carbocycles. The van der Waals surface area contributed by atoms with Crippen molar-refractivity contribution in [2.24, 2.45) is 17.8 Å². The van der Waals surface area contributed by atoms with E-state index >= 15 is 0 Å². The van der Waals surface area contributed by atoms with Crippen molar-refractivity contribution in [1.29, 1.82) is 0 Å². The first-order valence-electron chi connectivity index (χ1n) is 9.83. The molecule has 3 nitrogen and oxygen atoms in total. The van der Waals surface area contributed by atoms with E-state index in [4.69, 9.17) is 4.74 Å². The van der Waals surface area contributed by atoms with Gasteiger partial charge in [0.1, 0.15) is 6.61 Å². The Bertz CT molecular complexity index is 500. The first kappa shape index (κ1) is 20.5. The van der Waals surface area contributed by atoms with Crippen molar-refractivity contribution in [2.75, 3.05) is 19.7 Å². The average Bonchev–Trinajstić information content (AvgIpc) is 3.19. The monoisotopic (exact) mass is 367 g/mol. The molecular formula is C21H34ClNO2. The highest BCUT2D eigenvalue weighted by atomic mass is 35.5. The van der Waals surface area contributed by atoms with Gasteiger partial charge in [0.05, 0.1) is 5.92 Å². The molecule has 2 aliphatic carbocycles. The topological polar surface area (TPSA) is 29.5 Å². The van der Waals surface area contributed by atoms with Gasteiger partial charge in [0, 0.05) is 12.1 Å². The number of likely N-dealkylation sites (tertiary alicyclic amines) is 1. The lowest BCUT2D eigenvalue weighted by Gasteiger charge is -2.32. The van der Waals surface area contributed by atoms with Crippen LogP contribution in [0.4, 0.5) is 0 Å². The molecule has 3 rings (SSSR count). The molecule has 1 aliphatic heterocycles. The summed E-state index contributed by atoms with van der Waals surface area (Å²) in [5.41, 5.74) is 0.256. The Hall–Kier alpha value is -0.800. The minimum atomic E-state index is 0. The highest BCUT2D eigenvalue weighted by Crippen LogP contribution is 2.36. The molecule has 0 saturated carbocycles. The van der Waals surface area contributed by atoms with E-state index in [1.807, 2.05) is 0 Å². The van der Waals surface area contributed by atoms with Crippen LogP contribution < -0.4 is 0 Å². The summed E-state index contributed by atoms with van der Waals surface area (Å²) in [4.78, 5) is 15.3. The summed E-state index contributed by atoms with van der Waals surface area (Å²) >= 11 is 0. The molecule has 1 heterocycles. The van der Waals surface area contributed by atoms with Crippen LogP contribution in [0, 0.1) is 17.8 Å². The molecule has 1 fully saturated rings. The molecule has 0 spiro atoms. The fraction of sp³-hybridized carbons (Fsp3) is 0.762. The fourth-order valence-electron chi connectivity index (χ4n) is 4.69. The quantitative estimate of drug-likeness (QED) is 0.500. The second kappa shape index (κ2) is 9.23. The Labute approximate surface area is 159 Å². The summed E-state index contributed by atoms with van der Waals surface area (Å²) in [6.07, 6.45) is 17.2. The number of allylic oxidation sites excluding steroid dienone is 4. The van der Waals surface area contributed by atoms with Crippen molar-refractivity contribution in [3.8, 4) is 0 Å². The van der Waals surface area contributed by atoms with Gasteiger partial charge in [0.15, 0.2) is 0 Å². The van der Waals surface area contributed by atoms with Gasteiger partial charge in [-0.1, -0.05) is 24.3 Å². The van der Waals surface area contributed by atoms with E-state index < -0.39 is 0 Å². The number of esters is 1. The fourth-order valence-corrected chi connectivity index (χ4v) is 4.69. The maximum atomic E-state index is 12.9. The van der Waals surface area contributed by atoms with Crippen LogP contribution in [0.5, 0.6) is 0 Å². The molecule has 0 N–H and O–H groups in total. The highest BCUT2D eigenvalue weighted by Gasteiger charge is 2.36. The predicted molar refractivity (Wildman–Crippen MR) is 105 cm³/mol. The number of ether oxygens (including phenoxy) is 1. The van der Waals surface area contributed by atoms with Gasteiger partial charge in [-0.2, -0.15) is 0 Å². The van der Waals surface area contributed by atoms with E-state index in [2.05, 4.69) is 43.1 Å². The molecule has 0 aromatic heterocycles. The zero-order chi connectivity index (χ0) is 17.0. The molecule has 0 radical (unpaired) electrons. The lowest BCUT2D eigenvalue weighted by atomic mass is 9.77. The lowest BCUT2D eigenvalue weighted by molar-refractivity contribution is -0.152. The van der Waals surface area contributed by atoms with Crippen LogP contribution in [-0.2, 0) is 9.53 Å². The maximum Gasteiger partial charge on any atom is 0.310 e. The molecule has 4 heteroatoms. The lowest BCUT2D eigenvalue weighted by Crippen LogP contribution is -2.41. The summed E-state index contributed by atoms with van der Waals surface area (Å²) in [6.45, 7) is 7.12. The van der Waals surface area contributed by atoms with Gasteiger partial charge in [-0.25, -0.2) is 0 Å². The molecular weight excluding hydrogens is 334 g/mol. The molecule has 3 atom stereocenters. The zero-order valence-corrected chi connectivity index (χ0v) is 16.6. The molecule has 0 bridgehead atoms. The number of hydrogen-bond donors (Lipinski definition) is 0. The minimum absolute atomic E-state index is 0. The van der Waals surface area contributed by atoms with Crippen LogP contribution in [0.2, 0.25) is 0 Å². The summed E-state index contributed by atoms with van der Waals surface area (Å²) in [7, 11) is 0. The summed E-state index contributed by atoms with van der Waals surface area (Å²) in [6, 6.07) is 0. The standard InChI is InChI=1S/C21H33NO2.ClH/c1-21(2)13-8-14-22(21)15-16-24-20(23)19(18-11-6-7-12-18)17-9-4-3-5-10-17;/h4,6,9,11,17-19H,3,5,7-8,10,12-16H2,1-2H3;1H. The summed E-state index contributed by atoms with van der Waals surface area (Å²) in [5, 5.41) is 0. The second-order valence-electron chi connectivity index (χ2n) is 8.29. The molecule has 142 valence electrons. The van der Waals surface area contributed by atoms with Crippen LogP contribution >= 0.6 is 12.4 Å². The highest BCUT2D eigenvalue weighted by molar-refractivity contribution is 5.85. The normalized spacial score (nSPS) is 29.4. The van der Waals surface area contributed by atoms with Crippen molar-refractivity contribution in [3.05, 3.63) is 24.3 Å². The first-order valence-corrected chi connectivity index (χ1v) is 9.83. The average molecular weight is 368 g/mol. The van der Waals surface area contributed by atoms with Gasteiger partial charge in [-0.15, -0.1) is 12.4 Å². The van der Waals surface area contributed by atoms with E-state index in [0.29, 0.717) is 18.4 Å². The molecule has 3 aliphatic rings. The third-order valence-corrected chi connectivity index (χ3v) is 6.21. The van der Waals surface area contributed by atoms with Crippen molar-refractivity contribution in [1.82, 2.24) is 4.90 Å². The molecule has 25 heavy (non-hydrogen) atoms. The molecule has 1 saturated heterocycles. The number of rotatable bonds is 6. The number of hydrogen-bond acceptors (Lipinski definition) is 3. The Kier molecular flexibility index (Phi) is 7.57. The molecule has 0 aromatic rings. The van der Waals surface area contributed by atoms with Crippen LogP contribution in [0.3, 0.4) is 0 Å². The zero-order valence-electron chi connectivity index (χ0n) is 15.8. The van der Waals surface area contributed by atoms with E-state index in [0.717, 1.165) is 38.8 Å². The maximum absolute atomic E-state index is 12.9. The minimum Gasteiger partial charge on any atom is -0.464 e. The van der Waals surface area contributed by atoms with Gasteiger partial charge < -0.3 is 4.74 Å². The van der Waals surface area contributed by atoms with E-state index in [1.165, 1.54) is 19.3 Å².